The van der Waals surface area contributed by atoms with Crippen molar-refractivity contribution < 1.29 is 29.2 Å². The Morgan fingerprint density at radius 3 is 1.74 bits per heavy atom. The van der Waals surface area contributed by atoms with Crippen LogP contribution in [0.15, 0.2) is 103 Å². The Morgan fingerprint density at radius 2 is 1.26 bits per heavy atom. The molecule has 0 aliphatic rings. The van der Waals surface area contributed by atoms with Gasteiger partial charge in [0.2, 0.25) is 0 Å². The van der Waals surface area contributed by atoms with Gasteiger partial charge in [-0.3, -0.25) is 5.32 Å². The van der Waals surface area contributed by atoms with Gasteiger partial charge >= 0.3 is 6.09 Å². The lowest BCUT2D eigenvalue weighted by Gasteiger charge is -2.36. The Morgan fingerprint density at radius 1 is 0.763 bits per heavy atom. The first-order chi connectivity index (χ1) is 18.5. The van der Waals surface area contributed by atoms with Gasteiger partial charge in [-0.2, -0.15) is 0 Å². The Balaban J connectivity index is 1.67. The van der Waals surface area contributed by atoms with E-state index in [1.807, 2.05) is 78.9 Å². The lowest BCUT2D eigenvalue weighted by molar-refractivity contribution is -0.00570. The van der Waals surface area contributed by atoms with E-state index in [2.05, 4.69) is 5.32 Å². The number of carbonyl (C=O) groups is 1. The number of aliphatic hydroxyl groups excluding tert-OH is 1. The first kappa shape index (κ1) is 26.7. The Labute approximate surface area is 222 Å². The summed E-state index contributed by atoms with van der Waals surface area (Å²) in [5.41, 5.74) is 2.90. The van der Waals surface area contributed by atoms with Crippen LogP contribution in [0.3, 0.4) is 0 Å². The van der Waals surface area contributed by atoms with Gasteiger partial charge in [-0.05, 0) is 58.7 Å². The molecule has 1 amide bonds. The molecular weight excluding hydrogens is 482 g/mol. The van der Waals surface area contributed by atoms with Gasteiger partial charge < -0.3 is 24.4 Å². The summed E-state index contributed by atoms with van der Waals surface area (Å²) >= 11 is 0. The number of hydrogen-bond donors (Lipinski definition) is 3. The number of benzene rings is 4. The molecule has 0 heterocycles. The first-order valence-electron chi connectivity index (χ1n) is 12.2. The van der Waals surface area contributed by atoms with Gasteiger partial charge in [0.05, 0.1) is 26.9 Å². The standard InChI is InChI=1S/C31H31NO6/c1-36-27-16-10-24(11-17-27)31(23-6-4-3-5-7-23,25-12-18-28(37-2)19-13-25)38-21-20-29(33)22-8-14-26(15-9-22)32-30(34)35/h3-19,29,32-33H,20-21H2,1-2H3,(H,34,35). The molecule has 0 aliphatic carbocycles. The predicted octanol–water partition coefficient (Wildman–Crippen LogP) is 6.23. The second kappa shape index (κ2) is 12.3. The van der Waals surface area contributed by atoms with Crippen molar-refractivity contribution in [2.75, 3.05) is 26.1 Å². The predicted molar refractivity (Wildman–Crippen MR) is 146 cm³/mol. The highest BCUT2D eigenvalue weighted by Gasteiger charge is 2.38. The van der Waals surface area contributed by atoms with E-state index in [4.69, 9.17) is 19.3 Å². The molecule has 4 rings (SSSR count). The molecule has 0 saturated carbocycles. The van der Waals surface area contributed by atoms with E-state index >= 15 is 0 Å². The van der Waals surface area contributed by atoms with Crippen LogP contribution in [0.5, 0.6) is 11.5 Å². The molecule has 3 N–H and O–H groups in total. The van der Waals surface area contributed by atoms with Gasteiger partial charge in [-0.25, -0.2) is 4.79 Å². The molecule has 0 radical (unpaired) electrons. The third-order valence-corrected chi connectivity index (χ3v) is 6.43. The van der Waals surface area contributed by atoms with Gasteiger partial charge in [0.1, 0.15) is 17.1 Å². The Kier molecular flexibility index (Phi) is 8.63. The quantitative estimate of drug-likeness (QED) is 0.206. The summed E-state index contributed by atoms with van der Waals surface area (Å²) in [7, 11) is 3.26. The van der Waals surface area contributed by atoms with Gasteiger partial charge in [-0.1, -0.05) is 66.7 Å². The molecule has 7 heteroatoms. The minimum atomic E-state index is -1.14. The van der Waals surface area contributed by atoms with Gasteiger partial charge in [0.15, 0.2) is 0 Å². The topological polar surface area (TPSA) is 97.2 Å². The highest BCUT2D eigenvalue weighted by molar-refractivity contribution is 5.82. The van der Waals surface area contributed by atoms with Crippen molar-refractivity contribution >= 4 is 11.8 Å². The van der Waals surface area contributed by atoms with Crippen molar-refractivity contribution in [1.82, 2.24) is 0 Å². The van der Waals surface area contributed by atoms with E-state index in [0.29, 0.717) is 17.7 Å². The molecule has 0 saturated heterocycles. The largest absolute Gasteiger partial charge is 0.497 e. The van der Waals surface area contributed by atoms with Crippen molar-refractivity contribution in [2.24, 2.45) is 0 Å². The Bertz CT molecular complexity index is 1260. The second-order valence-corrected chi connectivity index (χ2v) is 8.71. The van der Waals surface area contributed by atoms with E-state index in [-0.39, 0.29) is 6.61 Å². The fraction of sp³-hybridized carbons (Fsp3) is 0.194. The van der Waals surface area contributed by atoms with Crippen molar-refractivity contribution in [3.05, 3.63) is 125 Å². The average Bonchev–Trinajstić information content (AvgIpc) is 2.96. The summed E-state index contributed by atoms with van der Waals surface area (Å²) in [6.07, 6.45) is -1.61. The van der Waals surface area contributed by atoms with Crippen molar-refractivity contribution in [1.29, 1.82) is 0 Å². The number of ether oxygens (including phenoxy) is 3. The molecule has 0 bridgehead atoms. The molecule has 38 heavy (non-hydrogen) atoms. The number of aliphatic hydroxyl groups is 1. The number of rotatable bonds is 11. The second-order valence-electron chi connectivity index (χ2n) is 8.71. The van der Waals surface area contributed by atoms with Gasteiger partial charge in [-0.15, -0.1) is 0 Å². The molecule has 0 spiro atoms. The lowest BCUT2D eigenvalue weighted by atomic mass is 9.80. The minimum absolute atomic E-state index is 0.239. The van der Waals surface area contributed by atoms with E-state index in [1.165, 1.54) is 0 Å². The smallest absolute Gasteiger partial charge is 0.409 e. The third-order valence-electron chi connectivity index (χ3n) is 6.43. The van der Waals surface area contributed by atoms with Gasteiger partial charge in [0.25, 0.3) is 0 Å². The number of anilines is 1. The maximum atomic E-state index is 10.9. The van der Waals surface area contributed by atoms with E-state index < -0.39 is 17.8 Å². The lowest BCUT2D eigenvalue weighted by Crippen LogP contribution is -2.33. The number of carboxylic acid groups (broad SMARTS) is 1. The highest BCUT2D eigenvalue weighted by Crippen LogP contribution is 2.42. The number of methoxy groups -OCH3 is 2. The molecule has 0 aliphatic heterocycles. The van der Waals surface area contributed by atoms with Crippen LogP contribution in [-0.4, -0.2) is 37.1 Å². The SMILES string of the molecule is COc1ccc(C(OCCC(O)c2ccc(NC(=O)O)cc2)(c2ccccc2)c2ccc(OC)cc2)cc1. The maximum absolute atomic E-state index is 10.9. The van der Waals surface area contributed by atoms with Crippen molar-refractivity contribution in [3.8, 4) is 11.5 Å². The van der Waals surface area contributed by atoms with Crippen LogP contribution in [0, 0.1) is 0 Å². The molecule has 4 aromatic carbocycles. The molecule has 196 valence electrons. The summed E-state index contributed by atoms with van der Waals surface area (Å²) in [6, 6.07) is 32.2. The van der Waals surface area contributed by atoms with Crippen LogP contribution in [0.4, 0.5) is 10.5 Å². The number of nitrogens with one attached hydrogen (secondary N) is 1. The third kappa shape index (κ3) is 5.96. The molecule has 4 aromatic rings. The van der Waals surface area contributed by atoms with Crippen LogP contribution >= 0.6 is 0 Å². The van der Waals surface area contributed by atoms with Gasteiger partial charge in [0, 0.05) is 12.1 Å². The molecule has 0 aromatic heterocycles. The molecule has 1 atom stereocenters. The summed E-state index contributed by atoms with van der Waals surface area (Å²) in [6.45, 7) is 0.239. The van der Waals surface area contributed by atoms with Crippen LogP contribution < -0.4 is 14.8 Å². The fourth-order valence-electron chi connectivity index (χ4n) is 4.48. The molecule has 0 fully saturated rings. The monoisotopic (exact) mass is 513 g/mol. The minimum Gasteiger partial charge on any atom is -0.497 e. The number of hydrogen-bond acceptors (Lipinski definition) is 5. The fourth-order valence-corrected chi connectivity index (χ4v) is 4.48. The van der Waals surface area contributed by atoms with Crippen LogP contribution in [0.1, 0.15) is 34.8 Å². The summed E-state index contributed by atoms with van der Waals surface area (Å²) < 4.78 is 17.5. The van der Waals surface area contributed by atoms with Crippen LogP contribution in [0.2, 0.25) is 0 Å². The Hall–Kier alpha value is -4.33. The molecule has 1 unspecified atom stereocenters. The first-order valence-corrected chi connectivity index (χ1v) is 12.2. The molecular formula is C31H31NO6. The zero-order valence-corrected chi connectivity index (χ0v) is 21.3. The zero-order valence-electron chi connectivity index (χ0n) is 21.3. The van der Waals surface area contributed by atoms with E-state index in [0.717, 1.165) is 28.2 Å². The zero-order chi connectivity index (χ0) is 27.0. The van der Waals surface area contributed by atoms with E-state index in [1.54, 1.807) is 38.5 Å². The summed E-state index contributed by atoms with van der Waals surface area (Å²) in [5.74, 6) is 1.48. The normalized spacial score (nSPS) is 12.0. The maximum Gasteiger partial charge on any atom is 0.409 e. The summed E-state index contributed by atoms with van der Waals surface area (Å²) in [5, 5.41) is 22.1. The summed E-state index contributed by atoms with van der Waals surface area (Å²) in [4.78, 5) is 10.9. The molecule has 7 nitrogen and oxygen atoms in total. The van der Waals surface area contributed by atoms with E-state index in [9.17, 15) is 9.90 Å². The highest BCUT2D eigenvalue weighted by atomic mass is 16.5. The van der Waals surface area contributed by atoms with Crippen molar-refractivity contribution in [2.45, 2.75) is 18.1 Å². The van der Waals surface area contributed by atoms with Crippen molar-refractivity contribution in [3.63, 3.8) is 0 Å². The van der Waals surface area contributed by atoms with Crippen LogP contribution in [0.25, 0.3) is 0 Å². The number of amides is 1. The van der Waals surface area contributed by atoms with Crippen LogP contribution in [-0.2, 0) is 10.3 Å². The average molecular weight is 514 g/mol.